The fourth-order valence-corrected chi connectivity index (χ4v) is 3.24. The molecule has 134 valence electrons. The van der Waals surface area contributed by atoms with Gasteiger partial charge in [0.25, 0.3) is 5.91 Å². The van der Waals surface area contributed by atoms with Crippen LogP contribution >= 0.6 is 7.60 Å². The van der Waals surface area contributed by atoms with Gasteiger partial charge in [-0.2, -0.15) is 0 Å². The van der Waals surface area contributed by atoms with Crippen LogP contribution in [0.2, 0.25) is 0 Å². The minimum absolute atomic E-state index is 0.166. The van der Waals surface area contributed by atoms with Crippen LogP contribution in [0.1, 0.15) is 18.4 Å². The number of hydrogen-bond acceptors (Lipinski definition) is 6. The molecular weight excluding hydrogens is 345 g/mol. The van der Waals surface area contributed by atoms with Crippen LogP contribution in [0.15, 0.2) is 54.6 Å². The molecule has 25 heavy (non-hydrogen) atoms. The standard InChI is InChI=1S/C17H20NO6P/c19-17(18-20)16(25(21,22)23)11-5-7-13-6-4-10-15(12-13)24-14-8-2-1-3-9-14/h1-4,6,8-10,12,16,20H,5,7,11H2,(H,18,19)(H2,21,22,23)/p-2. The van der Waals surface area contributed by atoms with Crippen LogP contribution in [0.25, 0.3) is 0 Å². The van der Waals surface area contributed by atoms with Gasteiger partial charge in [0, 0.05) is 0 Å². The molecule has 0 aromatic heterocycles. The Morgan fingerprint density at radius 1 is 1.12 bits per heavy atom. The van der Waals surface area contributed by atoms with E-state index in [0.717, 1.165) is 5.56 Å². The third-order valence-electron chi connectivity index (χ3n) is 3.61. The Balaban J connectivity index is 1.95. The number of carbonyl (C=O) groups excluding carboxylic acids is 1. The maximum atomic E-state index is 11.3. The number of benzene rings is 2. The van der Waals surface area contributed by atoms with Gasteiger partial charge < -0.3 is 19.1 Å². The van der Waals surface area contributed by atoms with Gasteiger partial charge in [-0.1, -0.05) is 37.9 Å². The van der Waals surface area contributed by atoms with E-state index in [1.165, 1.54) is 5.48 Å². The zero-order valence-corrected chi connectivity index (χ0v) is 14.2. The zero-order chi connectivity index (χ0) is 18.3. The maximum absolute atomic E-state index is 11.3. The number of carbonyl (C=O) groups is 1. The number of ether oxygens (including phenoxy) is 1. The second kappa shape index (κ2) is 8.78. The van der Waals surface area contributed by atoms with Crippen molar-refractivity contribution in [1.29, 1.82) is 0 Å². The number of aryl methyl sites for hydroxylation is 1. The molecule has 1 unspecified atom stereocenters. The number of para-hydroxylation sites is 1. The van der Waals surface area contributed by atoms with E-state index in [9.17, 15) is 19.1 Å². The summed E-state index contributed by atoms with van der Waals surface area (Å²) in [4.78, 5) is 33.5. The van der Waals surface area contributed by atoms with Gasteiger partial charge in [-0.15, -0.1) is 0 Å². The predicted octanol–water partition coefficient (Wildman–Crippen LogP) is 1.59. The minimum Gasteiger partial charge on any atom is -0.810 e. The molecule has 0 radical (unpaired) electrons. The number of hydroxylamine groups is 1. The Hall–Kier alpha value is -2.18. The average molecular weight is 363 g/mol. The van der Waals surface area contributed by atoms with Gasteiger partial charge in [-0.3, -0.25) is 10.0 Å². The molecule has 8 heteroatoms. The van der Waals surface area contributed by atoms with Gasteiger partial charge in [0.1, 0.15) is 11.5 Å². The molecule has 0 saturated carbocycles. The monoisotopic (exact) mass is 363 g/mol. The summed E-state index contributed by atoms with van der Waals surface area (Å²) in [6.07, 6.45) is 0.586. The Bertz CT molecular complexity index is 746. The van der Waals surface area contributed by atoms with E-state index in [1.54, 1.807) is 12.1 Å². The maximum Gasteiger partial charge on any atom is 0.251 e. The van der Waals surface area contributed by atoms with Crippen molar-refractivity contribution in [2.75, 3.05) is 0 Å². The van der Waals surface area contributed by atoms with E-state index in [4.69, 9.17) is 9.94 Å². The first-order valence-corrected chi connectivity index (χ1v) is 9.29. The lowest BCUT2D eigenvalue weighted by Crippen LogP contribution is -2.39. The molecule has 0 aliphatic carbocycles. The number of nitrogens with one attached hydrogen (secondary N) is 1. The second-order valence-corrected chi connectivity index (χ2v) is 7.19. The fraction of sp³-hybridized carbons (Fsp3) is 0.235. The SMILES string of the molecule is O=C(NO)C(CCCc1cccc(Oc2ccccc2)c1)P(=O)([O-])[O-]. The van der Waals surface area contributed by atoms with E-state index in [-0.39, 0.29) is 6.42 Å². The molecule has 0 saturated heterocycles. The summed E-state index contributed by atoms with van der Waals surface area (Å²) >= 11 is 0. The summed E-state index contributed by atoms with van der Waals surface area (Å²) in [5, 5.41) is 8.55. The van der Waals surface area contributed by atoms with Crippen molar-refractivity contribution >= 4 is 13.5 Å². The largest absolute Gasteiger partial charge is 0.810 e. The fourth-order valence-electron chi connectivity index (χ4n) is 2.40. The molecule has 2 N–H and O–H groups in total. The van der Waals surface area contributed by atoms with Gasteiger partial charge in [-0.05, 0) is 49.1 Å². The zero-order valence-electron chi connectivity index (χ0n) is 13.3. The summed E-state index contributed by atoms with van der Waals surface area (Å²) in [7, 11) is -5.12. The minimum atomic E-state index is -5.12. The highest BCUT2D eigenvalue weighted by molar-refractivity contribution is 7.50. The van der Waals surface area contributed by atoms with Crippen LogP contribution in [-0.2, 0) is 15.8 Å². The van der Waals surface area contributed by atoms with Crippen LogP contribution < -0.4 is 20.0 Å². The molecule has 7 nitrogen and oxygen atoms in total. The second-order valence-electron chi connectivity index (χ2n) is 5.49. The Kier molecular flexibility index (Phi) is 6.73. The quantitative estimate of drug-likeness (QED) is 0.417. The lowest BCUT2D eigenvalue weighted by Gasteiger charge is -2.36. The summed E-state index contributed by atoms with van der Waals surface area (Å²) in [5.74, 6) is 0.124. The van der Waals surface area contributed by atoms with E-state index < -0.39 is 19.2 Å². The molecule has 1 amide bonds. The lowest BCUT2D eigenvalue weighted by molar-refractivity contribution is -0.315. The van der Waals surface area contributed by atoms with Gasteiger partial charge in [0.05, 0.1) is 5.66 Å². The molecular formula is C17H18NO6P-2. The third kappa shape index (κ3) is 5.99. The molecule has 0 bridgehead atoms. The van der Waals surface area contributed by atoms with Crippen molar-refractivity contribution in [3.63, 3.8) is 0 Å². The number of rotatable bonds is 8. The predicted molar refractivity (Wildman–Crippen MR) is 87.2 cm³/mol. The van der Waals surface area contributed by atoms with E-state index in [2.05, 4.69) is 0 Å². The van der Waals surface area contributed by atoms with E-state index >= 15 is 0 Å². The first kappa shape index (κ1) is 19.1. The smallest absolute Gasteiger partial charge is 0.251 e. The van der Waals surface area contributed by atoms with Crippen LogP contribution in [0.4, 0.5) is 0 Å². The first-order chi connectivity index (χ1) is 11.9. The van der Waals surface area contributed by atoms with Crippen molar-refractivity contribution in [3.8, 4) is 11.5 Å². The molecule has 0 spiro atoms. The van der Waals surface area contributed by atoms with Gasteiger partial charge in [-0.25, -0.2) is 5.48 Å². The Morgan fingerprint density at radius 3 is 2.44 bits per heavy atom. The van der Waals surface area contributed by atoms with Crippen LogP contribution in [0.3, 0.4) is 0 Å². The van der Waals surface area contributed by atoms with Crippen molar-refractivity contribution in [3.05, 3.63) is 60.2 Å². The van der Waals surface area contributed by atoms with E-state index in [1.807, 2.05) is 42.5 Å². The molecule has 0 aliphatic rings. The van der Waals surface area contributed by atoms with Crippen LogP contribution in [0.5, 0.6) is 11.5 Å². The van der Waals surface area contributed by atoms with Gasteiger partial charge in [0.2, 0.25) is 0 Å². The number of amides is 1. The Morgan fingerprint density at radius 2 is 1.80 bits per heavy atom. The first-order valence-electron chi connectivity index (χ1n) is 7.67. The summed E-state index contributed by atoms with van der Waals surface area (Å²) < 4.78 is 16.8. The molecule has 2 rings (SSSR count). The van der Waals surface area contributed by atoms with Gasteiger partial charge in [0.15, 0.2) is 0 Å². The molecule has 0 aliphatic heterocycles. The molecule has 0 heterocycles. The molecule has 1 atom stereocenters. The van der Waals surface area contributed by atoms with Crippen molar-refractivity contribution in [2.45, 2.75) is 24.9 Å². The number of hydrogen-bond donors (Lipinski definition) is 2. The lowest BCUT2D eigenvalue weighted by atomic mass is 10.1. The summed E-state index contributed by atoms with van der Waals surface area (Å²) in [6, 6.07) is 16.5. The van der Waals surface area contributed by atoms with Crippen molar-refractivity contribution in [2.24, 2.45) is 0 Å². The third-order valence-corrected chi connectivity index (χ3v) is 4.87. The topological polar surface area (TPSA) is 122 Å². The van der Waals surface area contributed by atoms with Gasteiger partial charge >= 0.3 is 0 Å². The van der Waals surface area contributed by atoms with Crippen molar-refractivity contribution in [1.82, 2.24) is 5.48 Å². The highest BCUT2D eigenvalue weighted by Crippen LogP contribution is 2.35. The van der Waals surface area contributed by atoms with Crippen LogP contribution in [-0.4, -0.2) is 16.8 Å². The summed E-state index contributed by atoms with van der Waals surface area (Å²) in [5.41, 5.74) is 0.327. The van der Waals surface area contributed by atoms with Crippen molar-refractivity contribution < 1.29 is 29.1 Å². The molecule has 0 fully saturated rings. The summed E-state index contributed by atoms with van der Waals surface area (Å²) in [6.45, 7) is 0. The highest BCUT2D eigenvalue weighted by Gasteiger charge is 2.21. The van der Waals surface area contributed by atoms with Crippen LogP contribution in [0, 0.1) is 0 Å². The molecule has 2 aromatic rings. The average Bonchev–Trinajstić information content (AvgIpc) is 2.58. The highest BCUT2D eigenvalue weighted by atomic mass is 31.2. The Labute approximate surface area is 145 Å². The van der Waals surface area contributed by atoms with E-state index in [0.29, 0.717) is 24.3 Å². The molecule has 2 aromatic carbocycles. The normalized spacial score (nSPS) is 12.4.